The van der Waals surface area contributed by atoms with E-state index in [9.17, 15) is 18.0 Å². The van der Waals surface area contributed by atoms with Crippen molar-refractivity contribution in [3.63, 3.8) is 0 Å². The molecule has 1 heterocycles. The predicted octanol–water partition coefficient (Wildman–Crippen LogP) is 0.592. The molecule has 0 spiro atoms. The SMILES string of the molecule is CNC(=O)C1CCCN1S(=O)(=O)c1cc(C(=O)O)ccc1C. The number of likely N-dealkylation sites (N-methyl/N-ethyl adjacent to an activating group) is 1. The van der Waals surface area contributed by atoms with Gasteiger partial charge < -0.3 is 10.4 Å². The van der Waals surface area contributed by atoms with Crippen molar-refractivity contribution in [3.8, 4) is 0 Å². The van der Waals surface area contributed by atoms with Gasteiger partial charge in [-0.05, 0) is 37.5 Å². The highest BCUT2D eigenvalue weighted by Crippen LogP contribution is 2.28. The second kappa shape index (κ2) is 6.05. The van der Waals surface area contributed by atoms with Crippen LogP contribution in [0.15, 0.2) is 23.1 Å². The molecule has 0 saturated carbocycles. The first-order valence-electron chi connectivity index (χ1n) is 6.86. The van der Waals surface area contributed by atoms with Gasteiger partial charge in [-0.15, -0.1) is 0 Å². The van der Waals surface area contributed by atoms with Crippen molar-refractivity contribution in [1.29, 1.82) is 0 Å². The van der Waals surface area contributed by atoms with Crippen molar-refractivity contribution in [2.24, 2.45) is 0 Å². The molecule has 1 atom stereocenters. The van der Waals surface area contributed by atoms with Gasteiger partial charge in [0.05, 0.1) is 10.5 Å². The Morgan fingerprint density at radius 3 is 2.64 bits per heavy atom. The number of hydrogen-bond acceptors (Lipinski definition) is 4. The van der Waals surface area contributed by atoms with Gasteiger partial charge in [-0.1, -0.05) is 6.07 Å². The molecule has 2 N–H and O–H groups in total. The number of benzene rings is 1. The van der Waals surface area contributed by atoms with E-state index in [1.165, 1.54) is 19.2 Å². The van der Waals surface area contributed by atoms with Crippen molar-refractivity contribution in [3.05, 3.63) is 29.3 Å². The standard InChI is InChI=1S/C14H18N2O5S/c1-9-5-6-10(14(18)19)8-12(9)22(20,21)16-7-3-4-11(16)13(17)15-2/h5-6,8,11H,3-4,7H2,1-2H3,(H,15,17)(H,18,19). The Kier molecular flexibility index (Phi) is 4.52. The largest absolute Gasteiger partial charge is 0.478 e. The Labute approximate surface area is 129 Å². The van der Waals surface area contributed by atoms with Crippen LogP contribution in [0.3, 0.4) is 0 Å². The molecule has 7 nitrogen and oxygen atoms in total. The van der Waals surface area contributed by atoms with Crippen molar-refractivity contribution in [2.75, 3.05) is 13.6 Å². The summed E-state index contributed by atoms with van der Waals surface area (Å²) in [6.45, 7) is 1.85. The van der Waals surface area contributed by atoms with Crippen molar-refractivity contribution < 1.29 is 23.1 Å². The number of amides is 1. The Bertz CT molecular complexity index is 714. The minimum atomic E-state index is -3.92. The second-order valence-electron chi connectivity index (χ2n) is 5.17. The number of aryl methyl sites for hydroxylation is 1. The molecule has 120 valence electrons. The van der Waals surface area contributed by atoms with Crippen LogP contribution >= 0.6 is 0 Å². The zero-order chi connectivity index (χ0) is 16.5. The number of carbonyl (C=O) groups excluding carboxylic acids is 1. The molecule has 1 fully saturated rings. The van der Waals surface area contributed by atoms with Gasteiger partial charge in [-0.3, -0.25) is 4.79 Å². The maximum atomic E-state index is 12.8. The Morgan fingerprint density at radius 1 is 1.36 bits per heavy atom. The number of aromatic carboxylic acids is 1. The first-order chi connectivity index (χ1) is 10.3. The molecule has 1 aromatic rings. The molecular formula is C14H18N2O5S. The minimum Gasteiger partial charge on any atom is -0.478 e. The van der Waals surface area contributed by atoms with Crippen LogP contribution in [0.2, 0.25) is 0 Å². The van der Waals surface area contributed by atoms with Crippen molar-refractivity contribution in [1.82, 2.24) is 9.62 Å². The number of sulfonamides is 1. The number of carboxylic acid groups (broad SMARTS) is 1. The van der Waals surface area contributed by atoms with Crippen LogP contribution in [-0.2, 0) is 14.8 Å². The third kappa shape index (κ3) is 2.84. The van der Waals surface area contributed by atoms with Gasteiger partial charge in [0.25, 0.3) is 0 Å². The van der Waals surface area contributed by atoms with Crippen molar-refractivity contribution in [2.45, 2.75) is 30.7 Å². The maximum absolute atomic E-state index is 12.8. The zero-order valence-electron chi connectivity index (χ0n) is 12.4. The average molecular weight is 326 g/mol. The lowest BCUT2D eigenvalue weighted by Gasteiger charge is -2.23. The molecule has 0 bridgehead atoms. The number of rotatable bonds is 4. The summed E-state index contributed by atoms with van der Waals surface area (Å²) < 4.78 is 26.8. The van der Waals surface area contributed by atoms with Gasteiger partial charge in [0.2, 0.25) is 15.9 Å². The number of carbonyl (C=O) groups is 2. The van der Waals surface area contributed by atoms with Gasteiger partial charge in [0, 0.05) is 13.6 Å². The smallest absolute Gasteiger partial charge is 0.335 e. The summed E-state index contributed by atoms with van der Waals surface area (Å²) in [7, 11) is -2.46. The van der Waals surface area contributed by atoms with E-state index >= 15 is 0 Å². The summed E-state index contributed by atoms with van der Waals surface area (Å²) in [5.74, 6) is -1.55. The van der Waals surface area contributed by atoms with Crippen LogP contribution in [-0.4, -0.2) is 49.3 Å². The molecule has 0 aromatic heterocycles. The minimum absolute atomic E-state index is 0.0665. The van der Waals surface area contributed by atoms with Crippen LogP contribution in [0.5, 0.6) is 0 Å². The number of hydrogen-bond donors (Lipinski definition) is 2. The normalized spacial score (nSPS) is 19.1. The highest BCUT2D eigenvalue weighted by molar-refractivity contribution is 7.89. The number of nitrogens with zero attached hydrogens (tertiary/aromatic N) is 1. The van der Waals surface area contributed by atoms with E-state index in [-0.39, 0.29) is 22.9 Å². The van der Waals surface area contributed by atoms with Crippen LogP contribution < -0.4 is 5.32 Å². The average Bonchev–Trinajstić information content (AvgIpc) is 2.96. The lowest BCUT2D eigenvalue weighted by molar-refractivity contribution is -0.123. The van der Waals surface area contributed by atoms with Crippen LogP contribution in [0.25, 0.3) is 0 Å². The van der Waals surface area contributed by atoms with Gasteiger partial charge >= 0.3 is 5.97 Å². The van der Waals surface area contributed by atoms with Crippen LogP contribution in [0.1, 0.15) is 28.8 Å². The van der Waals surface area contributed by atoms with Gasteiger partial charge in [-0.25, -0.2) is 13.2 Å². The highest BCUT2D eigenvalue weighted by Gasteiger charge is 2.39. The Balaban J connectivity index is 2.48. The zero-order valence-corrected chi connectivity index (χ0v) is 13.2. The van der Waals surface area contributed by atoms with E-state index in [0.717, 1.165) is 10.4 Å². The summed E-state index contributed by atoms with van der Waals surface area (Å²) in [6, 6.07) is 3.22. The lowest BCUT2D eigenvalue weighted by Crippen LogP contribution is -2.45. The Hall–Kier alpha value is -1.93. The van der Waals surface area contributed by atoms with Gasteiger partial charge in [-0.2, -0.15) is 4.31 Å². The molecular weight excluding hydrogens is 308 g/mol. The molecule has 22 heavy (non-hydrogen) atoms. The quantitative estimate of drug-likeness (QED) is 0.843. The summed E-state index contributed by atoms with van der Waals surface area (Å²) in [4.78, 5) is 22.8. The molecule has 0 radical (unpaired) electrons. The maximum Gasteiger partial charge on any atom is 0.335 e. The topological polar surface area (TPSA) is 104 Å². The molecule has 1 aliphatic heterocycles. The molecule has 1 amide bonds. The summed E-state index contributed by atoms with van der Waals surface area (Å²) in [6.07, 6.45) is 1.05. The third-order valence-corrected chi connectivity index (χ3v) is 5.82. The highest BCUT2D eigenvalue weighted by atomic mass is 32.2. The molecule has 0 aliphatic carbocycles. The molecule has 1 aliphatic rings. The van der Waals surface area contributed by atoms with E-state index in [4.69, 9.17) is 5.11 Å². The molecule has 2 rings (SSSR count). The molecule has 8 heteroatoms. The molecule has 1 aromatic carbocycles. The third-order valence-electron chi connectivity index (χ3n) is 3.77. The lowest BCUT2D eigenvalue weighted by atomic mass is 10.1. The van der Waals surface area contributed by atoms with Crippen LogP contribution in [0, 0.1) is 6.92 Å². The predicted molar refractivity (Wildman–Crippen MR) is 79.1 cm³/mol. The fourth-order valence-corrected chi connectivity index (χ4v) is 4.50. The van der Waals surface area contributed by atoms with Gasteiger partial charge in [0.15, 0.2) is 0 Å². The van der Waals surface area contributed by atoms with E-state index in [2.05, 4.69) is 5.32 Å². The van der Waals surface area contributed by atoms with Crippen molar-refractivity contribution >= 4 is 21.9 Å². The second-order valence-corrected chi connectivity index (χ2v) is 7.03. The van der Waals surface area contributed by atoms with E-state index in [1.807, 2.05) is 0 Å². The fourth-order valence-electron chi connectivity index (χ4n) is 2.59. The summed E-state index contributed by atoms with van der Waals surface area (Å²) in [5, 5.41) is 11.5. The van der Waals surface area contributed by atoms with E-state index in [1.54, 1.807) is 6.92 Å². The summed E-state index contributed by atoms with van der Waals surface area (Å²) >= 11 is 0. The van der Waals surface area contributed by atoms with Crippen LogP contribution in [0.4, 0.5) is 0 Å². The molecule has 1 saturated heterocycles. The summed E-state index contributed by atoms with van der Waals surface area (Å²) in [5.41, 5.74) is 0.354. The number of nitrogens with one attached hydrogen (secondary N) is 1. The van der Waals surface area contributed by atoms with Gasteiger partial charge in [0.1, 0.15) is 6.04 Å². The first-order valence-corrected chi connectivity index (χ1v) is 8.30. The molecule has 1 unspecified atom stereocenters. The fraction of sp³-hybridized carbons (Fsp3) is 0.429. The monoisotopic (exact) mass is 326 g/mol. The Morgan fingerprint density at radius 2 is 2.05 bits per heavy atom. The first kappa shape index (κ1) is 16.4. The van der Waals surface area contributed by atoms with E-state index < -0.39 is 22.0 Å². The van der Waals surface area contributed by atoms with E-state index in [0.29, 0.717) is 18.4 Å². The number of carboxylic acids is 1.